The SMILES string of the molecule is CSc1ccccc1NC(=O)CN(C)C(=O)c1ccc(F)cc1Cl. The van der Waals surface area contributed by atoms with Crippen LogP contribution in [-0.2, 0) is 4.79 Å². The lowest BCUT2D eigenvalue weighted by Gasteiger charge is -2.18. The summed E-state index contributed by atoms with van der Waals surface area (Å²) in [5.41, 5.74) is 0.841. The van der Waals surface area contributed by atoms with Crippen LogP contribution >= 0.6 is 23.4 Å². The number of para-hydroxylation sites is 1. The van der Waals surface area contributed by atoms with Gasteiger partial charge in [0.05, 0.1) is 22.8 Å². The molecule has 0 aliphatic carbocycles. The molecule has 126 valence electrons. The van der Waals surface area contributed by atoms with Crippen molar-refractivity contribution in [1.29, 1.82) is 0 Å². The van der Waals surface area contributed by atoms with Gasteiger partial charge in [-0.3, -0.25) is 9.59 Å². The molecule has 0 bridgehead atoms. The third kappa shape index (κ3) is 4.49. The molecule has 0 heterocycles. The zero-order valence-electron chi connectivity index (χ0n) is 13.2. The van der Waals surface area contributed by atoms with Gasteiger partial charge in [0.25, 0.3) is 5.91 Å². The minimum Gasteiger partial charge on any atom is -0.332 e. The maximum absolute atomic E-state index is 13.1. The second-order valence-electron chi connectivity index (χ2n) is 5.03. The van der Waals surface area contributed by atoms with E-state index in [1.165, 1.54) is 29.8 Å². The number of hydrogen-bond donors (Lipinski definition) is 1. The van der Waals surface area contributed by atoms with Crippen LogP contribution in [0.4, 0.5) is 10.1 Å². The Hall–Kier alpha value is -2.05. The van der Waals surface area contributed by atoms with Crippen LogP contribution in [0.5, 0.6) is 0 Å². The van der Waals surface area contributed by atoms with E-state index < -0.39 is 11.7 Å². The molecule has 0 spiro atoms. The molecule has 0 aliphatic rings. The van der Waals surface area contributed by atoms with E-state index in [9.17, 15) is 14.0 Å². The Morgan fingerprint density at radius 1 is 1.25 bits per heavy atom. The zero-order chi connectivity index (χ0) is 17.7. The van der Waals surface area contributed by atoms with Crippen molar-refractivity contribution in [1.82, 2.24) is 4.90 Å². The van der Waals surface area contributed by atoms with Crippen LogP contribution in [0.3, 0.4) is 0 Å². The highest BCUT2D eigenvalue weighted by atomic mass is 35.5. The van der Waals surface area contributed by atoms with Crippen LogP contribution in [0.15, 0.2) is 47.4 Å². The second kappa shape index (κ2) is 8.17. The number of rotatable bonds is 5. The predicted octanol–water partition coefficient (Wildman–Crippen LogP) is 3.91. The first-order valence-corrected chi connectivity index (χ1v) is 8.66. The number of nitrogens with zero attached hydrogens (tertiary/aromatic N) is 1. The average Bonchev–Trinajstić information content (AvgIpc) is 2.54. The van der Waals surface area contributed by atoms with Gasteiger partial charge in [0.1, 0.15) is 5.82 Å². The molecular weight excluding hydrogens is 351 g/mol. The van der Waals surface area contributed by atoms with Crippen LogP contribution in [-0.4, -0.2) is 36.6 Å². The van der Waals surface area contributed by atoms with Gasteiger partial charge in [-0.1, -0.05) is 23.7 Å². The monoisotopic (exact) mass is 366 g/mol. The predicted molar refractivity (Wildman–Crippen MR) is 95.2 cm³/mol. The van der Waals surface area contributed by atoms with E-state index in [-0.39, 0.29) is 23.0 Å². The number of carbonyl (C=O) groups is 2. The van der Waals surface area contributed by atoms with Gasteiger partial charge in [-0.25, -0.2) is 4.39 Å². The van der Waals surface area contributed by atoms with Crippen molar-refractivity contribution in [3.63, 3.8) is 0 Å². The molecule has 0 saturated carbocycles. The summed E-state index contributed by atoms with van der Waals surface area (Å²) in [4.78, 5) is 26.6. The highest BCUT2D eigenvalue weighted by molar-refractivity contribution is 7.98. The van der Waals surface area contributed by atoms with E-state index in [4.69, 9.17) is 11.6 Å². The normalized spacial score (nSPS) is 10.3. The third-order valence-corrected chi connectivity index (χ3v) is 4.38. The van der Waals surface area contributed by atoms with Gasteiger partial charge < -0.3 is 10.2 Å². The highest BCUT2D eigenvalue weighted by Gasteiger charge is 2.18. The number of amides is 2. The Balaban J connectivity index is 2.04. The fraction of sp³-hybridized carbons (Fsp3) is 0.176. The zero-order valence-corrected chi connectivity index (χ0v) is 14.7. The Morgan fingerprint density at radius 2 is 1.96 bits per heavy atom. The molecule has 7 heteroatoms. The number of nitrogens with one attached hydrogen (secondary N) is 1. The molecule has 4 nitrogen and oxygen atoms in total. The summed E-state index contributed by atoms with van der Waals surface area (Å²) in [6.45, 7) is -0.144. The van der Waals surface area contributed by atoms with Gasteiger partial charge in [0.2, 0.25) is 5.91 Å². The maximum Gasteiger partial charge on any atom is 0.255 e. The lowest BCUT2D eigenvalue weighted by molar-refractivity contribution is -0.116. The van der Waals surface area contributed by atoms with Gasteiger partial charge in [-0.2, -0.15) is 0 Å². The van der Waals surface area contributed by atoms with E-state index in [0.717, 1.165) is 17.0 Å². The standard InChI is InChI=1S/C17H16ClFN2O2S/c1-21(17(23)12-8-7-11(19)9-13(12)18)10-16(22)20-14-5-3-4-6-15(14)24-2/h3-9H,10H2,1-2H3,(H,20,22). The van der Waals surface area contributed by atoms with E-state index in [1.807, 2.05) is 24.5 Å². The van der Waals surface area contributed by atoms with Gasteiger partial charge in [-0.15, -0.1) is 11.8 Å². The summed E-state index contributed by atoms with van der Waals surface area (Å²) >= 11 is 7.40. The van der Waals surface area contributed by atoms with E-state index in [2.05, 4.69) is 5.32 Å². The Bertz CT molecular complexity index is 770. The molecule has 2 aromatic carbocycles. The van der Waals surface area contributed by atoms with Crippen LogP contribution in [0.1, 0.15) is 10.4 Å². The van der Waals surface area contributed by atoms with Crippen molar-refractivity contribution in [2.24, 2.45) is 0 Å². The van der Waals surface area contributed by atoms with Crippen molar-refractivity contribution in [2.45, 2.75) is 4.90 Å². The van der Waals surface area contributed by atoms with Crippen molar-refractivity contribution < 1.29 is 14.0 Å². The number of likely N-dealkylation sites (N-methyl/N-ethyl adjacent to an activating group) is 1. The molecule has 0 saturated heterocycles. The molecule has 0 aliphatic heterocycles. The molecule has 1 N–H and O–H groups in total. The van der Waals surface area contributed by atoms with Crippen LogP contribution in [0, 0.1) is 5.82 Å². The minimum atomic E-state index is -0.523. The molecule has 24 heavy (non-hydrogen) atoms. The number of hydrogen-bond acceptors (Lipinski definition) is 3. The van der Waals surface area contributed by atoms with Crippen LogP contribution in [0.25, 0.3) is 0 Å². The fourth-order valence-electron chi connectivity index (χ4n) is 2.09. The lowest BCUT2D eigenvalue weighted by atomic mass is 10.2. The van der Waals surface area contributed by atoms with Crippen molar-refractivity contribution in [3.8, 4) is 0 Å². The molecule has 2 aromatic rings. The van der Waals surface area contributed by atoms with Crippen molar-refractivity contribution >= 4 is 40.9 Å². The molecule has 0 radical (unpaired) electrons. The van der Waals surface area contributed by atoms with E-state index in [0.29, 0.717) is 5.69 Å². The molecule has 0 unspecified atom stereocenters. The smallest absolute Gasteiger partial charge is 0.255 e. The maximum atomic E-state index is 13.1. The highest BCUT2D eigenvalue weighted by Crippen LogP contribution is 2.24. The van der Waals surface area contributed by atoms with Gasteiger partial charge in [-0.05, 0) is 36.6 Å². The third-order valence-electron chi connectivity index (χ3n) is 3.27. The topological polar surface area (TPSA) is 49.4 Å². The largest absolute Gasteiger partial charge is 0.332 e. The van der Waals surface area contributed by atoms with Gasteiger partial charge in [0, 0.05) is 11.9 Å². The number of carbonyl (C=O) groups excluding carboxylic acids is 2. The first-order chi connectivity index (χ1) is 11.4. The van der Waals surface area contributed by atoms with E-state index in [1.54, 1.807) is 6.07 Å². The quantitative estimate of drug-likeness (QED) is 0.816. The summed E-state index contributed by atoms with van der Waals surface area (Å²) in [6.07, 6.45) is 1.91. The minimum absolute atomic E-state index is 0.0139. The number of anilines is 1. The molecule has 2 rings (SSSR count). The summed E-state index contributed by atoms with van der Waals surface area (Å²) in [5.74, 6) is -1.30. The van der Waals surface area contributed by atoms with Gasteiger partial charge in [0.15, 0.2) is 0 Å². The number of thioether (sulfide) groups is 1. The first-order valence-electron chi connectivity index (χ1n) is 7.05. The second-order valence-corrected chi connectivity index (χ2v) is 6.29. The Morgan fingerprint density at radius 3 is 2.62 bits per heavy atom. The summed E-state index contributed by atoms with van der Waals surface area (Å²) < 4.78 is 13.1. The summed E-state index contributed by atoms with van der Waals surface area (Å²) in [6, 6.07) is 10.9. The number of halogens is 2. The average molecular weight is 367 g/mol. The molecule has 0 atom stereocenters. The van der Waals surface area contributed by atoms with Gasteiger partial charge >= 0.3 is 0 Å². The Kier molecular flexibility index (Phi) is 6.23. The molecule has 2 amide bonds. The summed E-state index contributed by atoms with van der Waals surface area (Å²) in [5, 5.41) is 2.79. The molecule has 0 aromatic heterocycles. The van der Waals surface area contributed by atoms with Crippen molar-refractivity contribution in [2.75, 3.05) is 25.2 Å². The molecular formula is C17H16ClFN2O2S. The Labute approximate surface area is 149 Å². The van der Waals surface area contributed by atoms with Crippen LogP contribution < -0.4 is 5.32 Å². The van der Waals surface area contributed by atoms with E-state index >= 15 is 0 Å². The van der Waals surface area contributed by atoms with Crippen LogP contribution in [0.2, 0.25) is 5.02 Å². The fourth-order valence-corrected chi connectivity index (χ4v) is 2.90. The van der Waals surface area contributed by atoms with Crippen molar-refractivity contribution in [3.05, 3.63) is 58.9 Å². The number of benzene rings is 2. The molecule has 0 fully saturated rings. The first kappa shape index (κ1) is 18.3. The summed E-state index contributed by atoms with van der Waals surface area (Å²) in [7, 11) is 1.49. The lowest BCUT2D eigenvalue weighted by Crippen LogP contribution is -2.35.